The summed E-state index contributed by atoms with van der Waals surface area (Å²) in [5.74, 6) is 1.37. The van der Waals surface area contributed by atoms with Gasteiger partial charge in [0.15, 0.2) is 0 Å². The first kappa shape index (κ1) is 15.9. The molecule has 0 spiro atoms. The molecule has 1 heterocycles. The fraction of sp³-hybridized carbons (Fsp3) is 0.400. The molecule has 0 aliphatic carbocycles. The maximum Gasteiger partial charge on any atom is 0.120 e. The van der Waals surface area contributed by atoms with E-state index in [2.05, 4.69) is 49.1 Å². The Balaban J connectivity index is 1.85. The minimum atomic E-state index is 0.196. The van der Waals surface area contributed by atoms with Gasteiger partial charge in [-0.1, -0.05) is 24.3 Å². The number of benzene rings is 2. The summed E-state index contributed by atoms with van der Waals surface area (Å²) in [6, 6.07) is 15.2. The topological polar surface area (TPSA) is 38.5 Å². The molecule has 1 aliphatic heterocycles. The predicted octanol–water partition coefficient (Wildman–Crippen LogP) is 3.63. The molecule has 3 rings (SSSR count). The van der Waals surface area contributed by atoms with E-state index in [9.17, 15) is 0 Å². The van der Waals surface area contributed by atoms with Crippen molar-refractivity contribution < 1.29 is 4.74 Å². The van der Waals surface area contributed by atoms with Crippen LogP contribution in [-0.2, 0) is 0 Å². The van der Waals surface area contributed by atoms with Crippen molar-refractivity contribution in [3.63, 3.8) is 0 Å². The summed E-state index contributed by atoms with van der Waals surface area (Å²) in [4.78, 5) is 2.39. The van der Waals surface area contributed by atoms with Crippen molar-refractivity contribution in [2.24, 2.45) is 5.73 Å². The zero-order chi connectivity index (χ0) is 16.4. The Morgan fingerprint density at radius 1 is 1.04 bits per heavy atom. The van der Waals surface area contributed by atoms with Crippen LogP contribution in [0.1, 0.15) is 29.0 Å². The molecule has 2 atom stereocenters. The van der Waals surface area contributed by atoms with Gasteiger partial charge in [0.1, 0.15) is 5.75 Å². The highest BCUT2D eigenvalue weighted by molar-refractivity contribution is 5.52. The summed E-state index contributed by atoms with van der Waals surface area (Å²) < 4.78 is 5.35. The van der Waals surface area contributed by atoms with E-state index in [1.54, 1.807) is 7.11 Å². The van der Waals surface area contributed by atoms with E-state index in [1.807, 2.05) is 12.1 Å². The first-order chi connectivity index (χ1) is 11.1. The van der Waals surface area contributed by atoms with E-state index in [-0.39, 0.29) is 6.04 Å². The average molecular weight is 310 g/mol. The zero-order valence-corrected chi connectivity index (χ0v) is 14.3. The third kappa shape index (κ3) is 3.50. The molecule has 3 nitrogen and oxygen atoms in total. The Bertz CT molecular complexity index is 683. The van der Waals surface area contributed by atoms with Gasteiger partial charge in [-0.3, -0.25) is 0 Å². The van der Waals surface area contributed by atoms with Crippen molar-refractivity contribution in [3.05, 3.63) is 59.2 Å². The molecule has 1 fully saturated rings. The number of anilines is 1. The molecule has 1 aliphatic rings. The zero-order valence-electron chi connectivity index (χ0n) is 14.3. The second-order valence-electron chi connectivity index (χ2n) is 6.64. The van der Waals surface area contributed by atoms with Gasteiger partial charge in [0.05, 0.1) is 7.11 Å². The molecule has 0 amide bonds. The van der Waals surface area contributed by atoms with Gasteiger partial charge in [-0.2, -0.15) is 0 Å². The molecule has 0 aromatic heterocycles. The van der Waals surface area contributed by atoms with Crippen LogP contribution in [-0.4, -0.2) is 26.2 Å². The van der Waals surface area contributed by atoms with Gasteiger partial charge >= 0.3 is 0 Å². The van der Waals surface area contributed by atoms with E-state index in [1.165, 1.54) is 22.4 Å². The summed E-state index contributed by atoms with van der Waals surface area (Å²) in [6.45, 7) is 6.24. The fourth-order valence-electron chi connectivity index (χ4n) is 3.42. The summed E-state index contributed by atoms with van der Waals surface area (Å²) in [5.41, 5.74) is 11.6. The summed E-state index contributed by atoms with van der Waals surface area (Å²) in [7, 11) is 1.71. The van der Waals surface area contributed by atoms with E-state index < -0.39 is 0 Å². The number of aryl methyl sites for hydroxylation is 2. The second-order valence-corrected chi connectivity index (χ2v) is 6.64. The van der Waals surface area contributed by atoms with Crippen molar-refractivity contribution in [2.45, 2.75) is 32.2 Å². The van der Waals surface area contributed by atoms with E-state index >= 15 is 0 Å². The number of ether oxygens (including phenoxy) is 1. The predicted molar refractivity (Wildman–Crippen MR) is 96.5 cm³/mol. The van der Waals surface area contributed by atoms with Crippen molar-refractivity contribution >= 4 is 5.69 Å². The third-order valence-electron chi connectivity index (χ3n) is 4.90. The molecule has 0 saturated carbocycles. The number of nitrogens with two attached hydrogens (primary N) is 1. The Morgan fingerprint density at radius 3 is 2.61 bits per heavy atom. The SMILES string of the molecule is COc1cccc(N2CC(N)CC(c3ccc(C)c(C)c3)C2)c1. The molecular formula is C20H26N2O. The molecule has 122 valence electrons. The highest BCUT2D eigenvalue weighted by Gasteiger charge is 2.26. The number of piperidine rings is 1. The van der Waals surface area contributed by atoms with Crippen molar-refractivity contribution in [1.82, 2.24) is 0 Å². The van der Waals surface area contributed by atoms with Gasteiger partial charge in [0.25, 0.3) is 0 Å². The number of methoxy groups -OCH3 is 1. The normalized spacial score (nSPS) is 21.3. The van der Waals surface area contributed by atoms with Gasteiger partial charge in [0, 0.05) is 36.8 Å². The molecular weight excluding hydrogens is 284 g/mol. The Hall–Kier alpha value is -2.00. The highest BCUT2D eigenvalue weighted by Crippen LogP contribution is 2.31. The molecule has 3 heteroatoms. The molecule has 1 saturated heterocycles. The van der Waals surface area contributed by atoms with E-state index in [0.29, 0.717) is 5.92 Å². The standard InChI is InChI=1S/C20H26N2O/c1-14-7-8-16(9-15(14)2)17-10-18(21)13-22(12-17)19-5-4-6-20(11-19)23-3/h4-9,11,17-18H,10,12-13,21H2,1-3H3. The summed E-state index contributed by atoms with van der Waals surface area (Å²) >= 11 is 0. The van der Waals surface area contributed by atoms with Crippen molar-refractivity contribution in [3.8, 4) is 5.75 Å². The molecule has 2 unspecified atom stereocenters. The quantitative estimate of drug-likeness (QED) is 0.941. The first-order valence-corrected chi connectivity index (χ1v) is 8.28. The minimum Gasteiger partial charge on any atom is -0.497 e. The largest absolute Gasteiger partial charge is 0.497 e. The molecule has 23 heavy (non-hydrogen) atoms. The van der Waals surface area contributed by atoms with E-state index in [4.69, 9.17) is 10.5 Å². The number of nitrogens with zero attached hydrogens (tertiary/aromatic N) is 1. The van der Waals surface area contributed by atoms with Crippen molar-refractivity contribution in [1.29, 1.82) is 0 Å². The van der Waals surface area contributed by atoms with Gasteiger partial charge in [-0.05, 0) is 49.1 Å². The molecule has 0 bridgehead atoms. The Morgan fingerprint density at radius 2 is 1.87 bits per heavy atom. The monoisotopic (exact) mass is 310 g/mol. The number of rotatable bonds is 3. The Kier molecular flexibility index (Phi) is 4.58. The molecule has 0 radical (unpaired) electrons. The highest BCUT2D eigenvalue weighted by atomic mass is 16.5. The van der Waals surface area contributed by atoms with E-state index in [0.717, 1.165) is 25.3 Å². The van der Waals surface area contributed by atoms with Crippen LogP contribution in [0.5, 0.6) is 5.75 Å². The lowest BCUT2D eigenvalue weighted by Crippen LogP contribution is -2.46. The Labute approximate surface area is 139 Å². The van der Waals surface area contributed by atoms with Crippen LogP contribution in [0.4, 0.5) is 5.69 Å². The van der Waals surface area contributed by atoms with Crippen LogP contribution < -0.4 is 15.4 Å². The average Bonchev–Trinajstić information content (AvgIpc) is 2.57. The lowest BCUT2D eigenvalue weighted by Gasteiger charge is -2.38. The van der Waals surface area contributed by atoms with Gasteiger partial charge in [0.2, 0.25) is 0 Å². The fourth-order valence-corrected chi connectivity index (χ4v) is 3.42. The second kappa shape index (κ2) is 6.63. The minimum absolute atomic E-state index is 0.196. The molecule has 2 aromatic rings. The first-order valence-electron chi connectivity index (χ1n) is 8.28. The molecule has 2 aromatic carbocycles. The van der Waals surface area contributed by atoms with Crippen LogP contribution in [0.15, 0.2) is 42.5 Å². The van der Waals surface area contributed by atoms with Gasteiger partial charge < -0.3 is 15.4 Å². The maximum atomic E-state index is 6.36. The number of hydrogen-bond acceptors (Lipinski definition) is 3. The molecule has 2 N–H and O–H groups in total. The van der Waals surface area contributed by atoms with Crippen LogP contribution in [0.3, 0.4) is 0 Å². The van der Waals surface area contributed by atoms with Crippen molar-refractivity contribution in [2.75, 3.05) is 25.1 Å². The van der Waals surface area contributed by atoms with Gasteiger partial charge in [-0.15, -0.1) is 0 Å². The van der Waals surface area contributed by atoms with Crippen LogP contribution in [0.25, 0.3) is 0 Å². The third-order valence-corrected chi connectivity index (χ3v) is 4.90. The van der Waals surface area contributed by atoms with Crippen LogP contribution in [0, 0.1) is 13.8 Å². The summed E-state index contributed by atoms with van der Waals surface area (Å²) in [6.07, 6.45) is 1.04. The van der Waals surface area contributed by atoms with Crippen LogP contribution in [0.2, 0.25) is 0 Å². The lowest BCUT2D eigenvalue weighted by molar-refractivity contribution is 0.413. The smallest absolute Gasteiger partial charge is 0.120 e. The van der Waals surface area contributed by atoms with Gasteiger partial charge in [-0.25, -0.2) is 0 Å². The summed E-state index contributed by atoms with van der Waals surface area (Å²) in [5, 5.41) is 0. The van der Waals surface area contributed by atoms with Crippen LogP contribution >= 0.6 is 0 Å². The maximum absolute atomic E-state index is 6.36. The lowest BCUT2D eigenvalue weighted by atomic mass is 9.87. The number of hydrogen-bond donors (Lipinski definition) is 1.